The van der Waals surface area contributed by atoms with Gasteiger partial charge in [-0.15, -0.1) is 0 Å². The Morgan fingerprint density at radius 2 is 1.83 bits per heavy atom. The Bertz CT molecular complexity index is 1080. The van der Waals surface area contributed by atoms with E-state index in [2.05, 4.69) is 10.5 Å². The molecule has 0 saturated carbocycles. The normalized spacial score (nSPS) is 14.4. The number of aryl methyl sites for hydroxylation is 1. The molecule has 4 rings (SSSR count). The van der Waals surface area contributed by atoms with Crippen molar-refractivity contribution < 1.29 is 14.3 Å². The van der Waals surface area contributed by atoms with Crippen LogP contribution in [0.1, 0.15) is 21.5 Å². The zero-order valence-electron chi connectivity index (χ0n) is 16.9. The third-order valence-corrected chi connectivity index (χ3v) is 5.17. The number of nitrogens with zero attached hydrogens (tertiary/aromatic N) is 3. The Balaban J connectivity index is 1.50. The van der Waals surface area contributed by atoms with E-state index in [4.69, 9.17) is 4.74 Å². The second-order valence-electron chi connectivity index (χ2n) is 7.29. The highest BCUT2D eigenvalue weighted by atomic mass is 16.5. The summed E-state index contributed by atoms with van der Waals surface area (Å²) in [6.45, 7) is 4.63. The van der Waals surface area contributed by atoms with Gasteiger partial charge in [-0.2, -0.15) is 5.10 Å². The van der Waals surface area contributed by atoms with Gasteiger partial charge in [-0.05, 0) is 25.1 Å². The van der Waals surface area contributed by atoms with E-state index in [1.165, 1.54) is 0 Å². The first-order valence-corrected chi connectivity index (χ1v) is 9.95. The van der Waals surface area contributed by atoms with Gasteiger partial charge in [0.05, 0.1) is 19.4 Å². The molecule has 1 fully saturated rings. The fourth-order valence-corrected chi connectivity index (χ4v) is 3.50. The lowest BCUT2D eigenvalue weighted by Gasteiger charge is -2.27. The number of hydrogen-bond acceptors (Lipinski definition) is 4. The molecular formula is C23H24N4O3. The zero-order valence-corrected chi connectivity index (χ0v) is 16.9. The number of hydrogen-bond donors (Lipinski definition) is 1. The van der Waals surface area contributed by atoms with Crippen LogP contribution >= 0.6 is 0 Å². The van der Waals surface area contributed by atoms with Gasteiger partial charge in [0.25, 0.3) is 5.91 Å². The quantitative estimate of drug-likeness (QED) is 0.525. The third kappa shape index (κ3) is 4.41. The number of benzene rings is 2. The van der Waals surface area contributed by atoms with Crippen molar-refractivity contribution in [2.24, 2.45) is 5.10 Å². The second kappa shape index (κ2) is 8.92. The van der Waals surface area contributed by atoms with Gasteiger partial charge >= 0.3 is 0 Å². The Morgan fingerprint density at radius 1 is 1.10 bits per heavy atom. The molecule has 30 heavy (non-hydrogen) atoms. The summed E-state index contributed by atoms with van der Waals surface area (Å²) in [5.74, 6) is -0.201. The molecule has 2 amide bonds. The molecule has 0 aliphatic carbocycles. The fraction of sp³-hybridized carbons (Fsp3) is 0.261. The smallest absolute Gasteiger partial charge is 0.271 e. The largest absolute Gasteiger partial charge is 0.378 e. The highest BCUT2D eigenvalue weighted by Gasteiger charge is 2.18. The van der Waals surface area contributed by atoms with Gasteiger partial charge in [-0.25, -0.2) is 5.43 Å². The number of fused-ring (bicyclic) bond motifs is 1. The van der Waals surface area contributed by atoms with Crippen molar-refractivity contribution in [1.82, 2.24) is 14.9 Å². The Hall–Kier alpha value is -3.45. The van der Waals surface area contributed by atoms with Gasteiger partial charge in [0, 0.05) is 41.3 Å². The van der Waals surface area contributed by atoms with Crippen LogP contribution in [0.25, 0.3) is 10.9 Å². The first kappa shape index (κ1) is 19.8. The topological polar surface area (TPSA) is 75.9 Å². The lowest BCUT2D eigenvalue weighted by Crippen LogP contribution is -2.42. The molecule has 0 atom stereocenters. The molecule has 1 saturated heterocycles. The molecular weight excluding hydrogens is 380 g/mol. The molecule has 0 spiro atoms. The Kier molecular flexibility index (Phi) is 5.90. The summed E-state index contributed by atoms with van der Waals surface area (Å²) in [6.07, 6.45) is 3.51. The molecule has 1 aliphatic rings. The number of nitrogens with one attached hydrogen (secondary N) is 1. The number of carbonyl (C=O) groups is 2. The molecule has 7 heteroatoms. The average Bonchev–Trinajstić information content (AvgIpc) is 3.12. The van der Waals surface area contributed by atoms with E-state index in [-0.39, 0.29) is 18.4 Å². The highest BCUT2D eigenvalue weighted by Crippen LogP contribution is 2.20. The van der Waals surface area contributed by atoms with Crippen LogP contribution in [0.3, 0.4) is 0 Å². The summed E-state index contributed by atoms with van der Waals surface area (Å²) in [4.78, 5) is 26.7. The highest BCUT2D eigenvalue weighted by molar-refractivity contribution is 6.01. The van der Waals surface area contributed by atoms with Crippen molar-refractivity contribution in [2.75, 3.05) is 26.3 Å². The predicted octanol–water partition coefficient (Wildman–Crippen LogP) is 2.57. The van der Waals surface area contributed by atoms with E-state index in [1.807, 2.05) is 59.0 Å². The number of rotatable bonds is 5. The van der Waals surface area contributed by atoms with Crippen molar-refractivity contribution >= 4 is 28.9 Å². The van der Waals surface area contributed by atoms with Gasteiger partial charge < -0.3 is 14.2 Å². The molecule has 1 aliphatic heterocycles. The number of ether oxygens (including phenoxy) is 1. The summed E-state index contributed by atoms with van der Waals surface area (Å²) in [5, 5.41) is 5.10. The third-order valence-electron chi connectivity index (χ3n) is 5.17. The van der Waals surface area contributed by atoms with Gasteiger partial charge in [-0.3, -0.25) is 9.59 Å². The van der Waals surface area contributed by atoms with Crippen LogP contribution in [0, 0.1) is 6.92 Å². The number of hydrazone groups is 1. The predicted molar refractivity (Wildman–Crippen MR) is 116 cm³/mol. The van der Waals surface area contributed by atoms with E-state index < -0.39 is 0 Å². The maximum absolute atomic E-state index is 12.7. The first-order chi connectivity index (χ1) is 14.6. The lowest BCUT2D eigenvalue weighted by atomic mass is 10.1. The monoisotopic (exact) mass is 404 g/mol. The minimum absolute atomic E-state index is 0.0650. The van der Waals surface area contributed by atoms with Crippen LogP contribution in [-0.2, 0) is 16.1 Å². The molecule has 0 radical (unpaired) electrons. The number of amides is 2. The van der Waals surface area contributed by atoms with Crippen molar-refractivity contribution in [3.8, 4) is 0 Å². The average molecular weight is 404 g/mol. The molecule has 0 bridgehead atoms. The van der Waals surface area contributed by atoms with E-state index in [0.717, 1.165) is 22.0 Å². The van der Waals surface area contributed by atoms with Gasteiger partial charge in [0.2, 0.25) is 5.91 Å². The SMILES string of the molecule is Cc1ccc(C(=O)N/N=C/c2cn(CC(=O)N3CCOCC3)c3ccccc23)cc1. The summed E-state index contributed by atoms with van der Waals surface area (Å²) >= 11 is 0. The van der Waals surface area contributed by atoms with Gasteiger partial charge in [0.15, 0.2) is 0 Å². The minimum atomic E-state index is -0.266. The summed E-state index contributed by atoms with van der Waals surface area (Å²) in [7, 11) is 0. The number of morpholine rings is 1. The Morgan fingerprint density at radius 3 is 2.60 bits per heavy atom. The Labute approximate surface area is 174 Å². The summed E-state index contributed by atoms with van der Waals surface area (Å²) < 4.78 is 7.25. The minimum Gasteiger partial charge on any atom is -0.378 e. The van der Waals surface area contributed by atoms with Crippen LogP contribution < -0.4 is 5.43 Å². The van der Waals surface area contributed by atoms with E-state index in [9.17, 15) is 9.59 Å². The zero-order chi connectivity index (χ0) is 20.9. The van der Waals surface area contributed by atoms with Crippen LogP contribution in [0.2, 0.25) is 0 Å². The van der Waals surface area contributed by atoms with Gasteiger partial charge in [0.1, 0.15) is 6.54 Å². The van der Waals surface area contributed by atoms with E-state index in [1.54, 1.807) is 18.3 Å². The number of carbonyl (C=O) groups excluding carboxylic acids is 2. The summed E-state index contributed by atoms with van der Waals surface area (Å²) in [6, 6.07) is 15.2. The van der Waals surface area contributed by atoms with Crippen molar-refractivity contribution in [1.29, 1.82) is 0 Å². The van der Waals surface area contributed by atoms with Crippen LogP contribution in [0.15, 0.2) is 59.8 Å². The molecule has 154 valence electrons. The van der Waals surface area contributed by atoms with Crippen LogP contribution in [-0.4, -0.2) is 53.8 Å². The van der Waals surface area contributed by atoms with Crippen LogP contribution in [0.5, 0.6) is 0 Å². The van der Waals surface area contributed by atoms with Crippen molar-refractivity contribution in [2.45, 2.75) is 13.5 Å². The molecule has 3 aromatic rings. The fourth-order valence-electron chi connectivity index (χ4n) is 3.50. The molecule has 2 heterocycles. The number of para-hydroxylation sites is 1. The maximum Gasteiger partial charge on any atom is 0.271 e. The first-order valence-electron chi connectivity index (χ1n) is 9.95. The van der Waals surface area contributed by atoms with Gasteiger partial charge in [-0.1, -0.05) is 35.9 Å². The number of aromatic nitrogens is 1. The van der Waals surface area contributed by atoms with Crippen LogP contribution in [0.4, 0.5) is 0 Å². The molecule has 2 aromatic carbocycles. The molecule has 1 aromatic heterocycles. The molecule has 1 N–H and O–H groups in total. The van der Waals surface area contributed by atoms with Crippen molar-refractivity contribution in [3.63, 3.8) is 0 Å². The maximum atomic E-state index is 12.7. The van der Waals surface area contributed by atoms with Crippen molar-refractivity contribution in [3.05, 3.63) is 71.4 Å². The standard InChI is InChI=1S/C23H24N4O3/c1-17-6-8-18(9-7-17)23(29)25-24-14-19-15-27(21-5-3-2-4-20(19)21)16-22(28)26-10-12-30-13-11-26/h2-9,14-15H,10-13,16H2,1H3,(H,25,29)/b24-14+. The van der Waals surface area contributed by atoms with E-state index in [0.29, 0.717) is 31.9 Å². The lowest BCUT2D eigenvalue weighted by molar-refractivity contribution is -0.135. The molecule has 0 unspecified atom stereocenters. The summed E-state index contributed by atoms with van der Waals surface area (Å²) in [5.41, 5.74) is 6.00. The molecule has 7 nitrogen and oxygen atoms in total. The van der Waals surface area contributed by atoms with E-state index >= 15 is 0 Å². The second-order valence-corrected chi connectivity index (χ2v) is 7.29.